The fourth-order valence-corrected chi connectivity index (χ4v) is 4.41. The quantitative estimate of drug-likeness (QED) is 0.662. The van der Waals surface area contributed by atoms with Crippen molar-refractivity contribution in [2.75, 3.05) is 11.5 Å². The van der Waals surface area contributed by atoms with Gasteiger partial charge < -0.3 is 0 Å². The molecule has 1 N–H and O–H groups in total. The van der Waals surface area contributed by atoms with Crippen LogP contribution in [0.2, 0.25) is 0 Å². The highest BCUT2D eigenvalue weighted by Gasteiger charge is 2.29. The van der Waals surface area contributed by atoms with Crippen LogP contribution in [0.25, 0.3) is 11.0 Å². The lowest BCUT2D eigenvalue weighted by atomic mass is 10.1. The van der Waals surface area contributed by atoms with Crippen molar-refractivity contribution in [3.8, 4) is 0 Å². The van der Waals surface area contributed by atoms with Crippen molar-refractivity contribution < 1.29 is 13.2 Å². The van der Waals surface area contributed by atoms with Crippen LogP contribution >= 0.6 is 0 Å². The summed E-state index contributed by atoms with van der Waals surface area (Å²) in [5.74, 6) is -0.158. The fourth-order valence-electron chi connectivity index (χ4n) is 2.54. The van der Waals surface area contributed by atoms with Crippen LogP contribution in [0, 0.1) is 5.92 Å². The molecule has 2 aromatic rings. The number of para-hydroxylation sites is 2. The number of carbonyl (C=O) groups is 1. The van der Waals surface area contributed by atoms with E-state index in [1.165, 1.54) is 6.21 Å². The van der Waals surface area contributed by atoms with Crippen LogP contribution in [0.1, 0.15) is 18.5 Å². The summed E-state index contributed by atoms with van der Waals surface area (Å²) >= 11 is 0. The highest BCUT2D eigenvalue weighted by Crippen LogP contribution is 2.21. The van der Waals surface area contributed by atoms with Crippen LogP contribution in [-0.2, 0) is 14.6 Å². The van der Waals surface area contributed by atoms with E-state index in [0.717, 1.165) is 11.0 Å². The van der Waals surface area contributed by atoms with E-state index >= 15 is 0 Å². The zero-order valence-electron chi connectivity index (χ0n) is 12.3. The highest BCUT2D eigenvalue weighted by atomic mass is 32.2. The molecule has 7 nitrogen and oxygen atoms in total. The second kappa shape index (κ2) is 6.41. The van der Waals surface area contributed by atoms with Crippen LogP contribution in [0.5, 0.6) is 0 Å². The number of sulfone groups is 1. The van der Waals surface area contributed by atoms with Crippen LogP contribution in [0.15, 0.2) is 35.6 Å². The maximum absolute atomic E-state index is 11.8. The largest absolute Gasteiger partial charge is 0.273 e. The summed E-state index contributed by atoms with van der Waals surface area (Å²) in [4.78, 5) is 20.4. The molecule has 1 saturated heterocycles. The molecule has 0 unspecified atom stereocenters. The normalized spacial score (nSPS) is 20.1. The summed E-state index contributed by atoms with van der Waals surface area (Å²) in [5, 5.41) is 3.85. The molecule has 1 aliphatic heterocycles. The molecule has 0 spiro atoms. The van der Waals surface area contributed by atoms with Crippen LogP contribution in [0.4, 0.5) is 0 Å². The molecular formula is C15H16N4O3S. The first-order chi connectivity index (χ1) is 11.0. The van der Waals surface area contributed by atoms with E-state index < -0.39 is 9.84 Å². The Hall–Kier alpha value is -2.35. The predicted molar refractivity (Wildman–Crippen MR) is 86.7 cm³/mol. The van der Waals surface area contributed by atoms with Crippen LogP contribution in [0.3, 0.4) is 0 Å². The van der Waals surface area contributed by atoms with Crippen molar-refractivity contribution in [2.45, 2.75) is 12.8 Å². The minimum Gasteiger partial charge on any atom is -0.273 e. The molecule has 0 radical (unpaired) electrons. The molecule has 3 rings (SSSR count). The van der Waals surface area contributed by atoms with E-state index in [2.05, 4.69) is 20.5 Å². The number of fused-ring (bicyclic) bond motifs is 1. The van der Waals surface area contributed by atoms with Crippen molar-refractivity contribution in [1.29, 1.82) is 0 Å². The topological polar surface area (TPSA) is 101 Å². The Kier molecular flexibility index (Phi) is 4.33. The molecule has 2 heterocycles. The summed E-state index contributed by atoms with van der Waals surface area (Å²) in [6, 6.07) is 7.46. The van der Waals surface area contributed by atoms with E-state index in [4.69, 9.17) is 0 Å². The zero-order valence-corrected chi connectivity index (χ0v) is 13.2. The molecule has 1 amide bonds. The standard InChI is InChI=1S/C15H16N4O3S/c20-15(7-11-5-6-23(21,22)10-11)19-17-9-12-8-16-13-3-1-2-4-14(13)18-12/h1-4,8-9,11H,5-7,10H2,(H,19,20)/b17-9-/t11-/m0/s1. The minimum absolute atomic E-state index is 0.0836. The fraction of sp³-hybridized carbons (Fsp3) is 0.333. The lowest BCUT2D eigenvalue weighted by Gasteiger charge is -2.05. The maximum Gasteiger partial charge on any atom is 0.240 e. The molecule has 0 bridgehead atoms. The highest BCUT2D eigenvalue weighted by molar-refractivity contribution is 7.91. The first-order valence-corrected chi connectivity index (χ1v) is 9.08. The molecular weight excluding hydrogens is 316 g/mol. The number of hydrogen-bond acceptors (Lipinski definition) is 6. The van der Waals surface area contributed by atoms with E-state index in [9.17, 15) is 13.2 Å². The Balaban J connectivity index is 1.56. The van der Waals surface area contributed by atoms with Crippen molar-refractivity contribution >= 4 is 33.0 Å². The first kappa shape index (κ1) is 15.5. The van der Waals surface area contributed by atoms with Gasteiger partial charge in [-0.2, -0.15) is 5.10 Å². The second-order valence-corrected chi connectivity index (χ2v) is 7.78. The number of rotatable bonds is 4. The van der Waals surface area contributed by atoms with Gasteiger partial charge in [0.15, 0.2) is 9.84 Å². The lowest BCUT2D eigenvalue weighted by molar-refractivity contribution is -0.121. The summed E-state index contributed by atoms with van der Waals surface area (Å²) in [6.45, 7) is 0. The van der Waals surface area contributed by atoms with Gasteiger partial charge >= 0.3 is 0 Å². The Morgan fingerprint density at radius 1 is 1.35 bits per heavy atom. The van der Waals surface area contributed by atoms with Crippen molar-refractivity contribution in [1.82, 2.24) is 15.4 Å². The predicted octanol–water partition coefficient (Wildman–Crippen LogP) is 0.905. The molecule has 1 aliphatic rings. The number of amides is 1. The lowest BCUT2D eigenvalue weighted by Crippen LogP contribution is -2.21. The third kappa shape index (κ3) is 4.10. The number of aromatic nitrogens is 2. The monoisotopic (exact) mass is 332 g/mol. The number of hydrogen-bond donors (Lipinski definition) is 1. The molecule has 1 atom stereocenters. The van der Waals surface area contributed by atoms with Crippen molar-refractivity contribution in [3.63, 3.8) is 0 Å². The van der Waals surface area contributed by atoms with Gasteiger partial charge in [-0.25, -0.2) is 18.8 Å². The second-order valence-electron chi connectivity index (χ2n) is 5.55. The summed E-state index contributed by atoms with van der Waals surface area (Å²) < 4.78 is 22.7. The van der Waals surface area contributed by atoms with Gasteiger partial charge in [0.05, 0.1) is 35.0 Å². The zero-order chi connectivity index (χ0) is 16.3. The van der Waals surface area contributed by atoms with Gasteiger partial charge in [-0.05, 0) is 24.5 Å². The molecule has 8 heteroatoms. The van der Waals surface area contributed by atoms with Gasteiger partial charge in [0.1, 0.15) is 5.69 Å². The Morgan fingerprint density at radius 2 is 2.13 bits per heavy atom. The first-order valence-electron chi connectivity index (χ1n) is 7.26. The minimum atomic E-state index is -2.96. The Morgan fingerprint density at radius 3 is 2.87 bits per heavy atom. The van der Waals surface area contributed by atoms with Crippen molar-refractivity contribution in [2.24, 2.45) is 11.0 Å². The van der Waals surface area contributed by atoms with Gasteiger partial charge in [0, 0.05) is 6.42 Å². The van der Waals surface area contributed by atoms with E-state index in [0.29, 0.717) is 12.1 Å². The average molecular weight is 332 g/mol. The third-order valence-corrected chi connectivity index (χ3v) is 5.49. The number of nitrogens with zero attached hydrogens (tertiary/aromatic N) is 3. The Labute approximate surface area is 133 Å². The van der Waals surface area contributed by atoms with Crippen LogP contribution < -0.4 is 5.43 Å². The average Bonchev–Trinajstić information content (AvgIpc) is 2.86. The van der Waals surface area contributed by atoms with Crippen LogP contribution in [-0.4, -0.2) is 42.0 Å². The third-order valence-electron chi connectivity index (χ3n) is 3.65. The van der Waals surface area contributed by atoms with Crippen molar-refractivity contribution in [3.05, 3.63) is 36.2 Å². The number of carbonyl (C=O) groups excluding carboxylic acids is 1. The van der Waals surface area contributed by atoms with Gasteiger partial charge in [-0.15, -0.1) is 0 Å². The van der Waals surface area contributed by atoms with Gasteiger partial charge in [-0.3, -0.25) is 9.78 Å². The van der Waals surface area contributed by atoms with Gasteiger partial charge in [-0.1, -0.05) is 12.1 Å². The smallest absolute Gasteiger partial charge is 0.240 e. The maximum atomic E-state index is 11.8. The SMILES string of the molecule is O=C(C[C@@H]1CCS(=O)(=O)C1)N/N=C\c1cnc2ccccc2n1. The summed E-state index contributed by atoms with van der Waals surface area (Å²) in [6.07, 6.45) is 3.69. The molecule has 23 heavy (non-hydrogen) atoms. The summed E-state index contributed by atoms with van der Waals surface area (Å²) in [7, 11) is -2.96. The van der Waals surface area contributed by atoms with Gasteiger partial charge in [0.25, 0.3) is 0 Å². The van der Waals surface area contributed by atoms with E-state index in [-0.39, 0.29) is 29.8 Å². The molecule has 1 aromatic carbocycles. The van der Waals surface area contributed by atoms with E-state index in [1.807, 2.05) is 24.3 Å². The molecule has 0 saturated carbocycles. The summed E-state index contributed by atoms with van der Waals surface area (Å²) in [5.41, 5.74) is 4.47. The molecule has 1 fully saturated rings. The van der Waals surface area contributed by atoms with Gasteiger partial charge in [0.2, 0.25) is 5.91 Å². The van der Waals surface area contributed by atoms with E-state index in [1.54, 1.807) is 6.20 Å². The molecule has 0 aliphatic carbocycles. The number of benzene rings is 1. The number of nitrogens with one attached hydrogen (secondary N) is 1. The Bertz CT molecular complexity index is 864. The molecule has 1 aromatic heterocycles. The molecule has 120 valence electrons. The number of hydrazone groups is 1.